The van der Waals surface area contributed by atoms with Crippen LogP contribution in [0.2, 0.25) is 0 Å². The fourth-order valence-corrected chi connectivity index (χ4v) is 1.92. The SMILES string of the molecule is CCC(C)n1ccc(CNCCCn2cccn2)n1. The Kier molecular flexibility index (Phi) is 5.15. The van der Waals surface area contributed by atoms with Crippen molar-refractivity contribution in [1.82, 2.24) is 24.9 Å². The molecule has 0 aliphatic carbocycles. The van der Waals surface area contributed by atoms with Crippen LogP contribution in [0.15, 0.2) is 30.7 Å². The summed E-state index contributed by atoms with van der Waals surface area (Å²) < 4.78 is 4.00. The Bertz CT molecular complexity index is 460. The van der Waals surface area contributed by atoms with Crippen LogP contribution >= 0.6 is 0 Å². The molecule has 104 valence electrons. The molecule has 2 aromatic heterocycles. The van der Waals surface area contributed by atoms with E-state index in [4.69, 9.17) is 0 Å². The van der Waals surface area contributed by atoms with Crippen LogP contribution in [0.4, 0.5) is 0 Å². The first-order valence-electron chi connectivity index (χ1n) is 7.01. The average Bonchev–Trinajstić information content (AvgIpc) is 3.08. The van der Waals surface area contributed by atoms with Crippen molar-refractivity contribution < 1.29 is 0 Å². The van der Waals surface area contributed by atoms with E-state index in [1.165, 1.54) is 0 Å². The zero-order chi connectivity index (χ0) is 13.5. The lowest BCUT2D eigenvalue weighted by Crippen LogP contribution is -2.17. The molecular formula is C14H23N5. The van der Waals surface area contributed by atoms with Crippen LogP contribution in [-0.4, -0.2) is 26.1 Å². The lowest BCUT2D eigenvalue weighted by molar-refractivity contribution is 0.470. The molecule has 0 aliphatic heterocycles. The Hall–Kier alpha value is -1.62. The molecule has 5 nitrogen and oxygen atoms in total. The fraction of sp³-hybridized carbons (Fsp3) is 0.571. The average molecular weight is 261 g/mol. The minimum atomic E-state index is 0.480. The minimum absolute atomic E-state index is 0.480. The summed E-state index contributed by atoms with van der Waals surface area (Å²) in [6, 6.07) is 4.52. The van der Waals surface area contributed by atoms with Gasteiger partial charge < -0.3 is 5.32 Å². The second kappa shape index (κ2) is 7.09. The fourth-order valence-electron chi connectivity index (χ4n) is 1.92. The van der Waals surface area contributed by atoms with Crippen molar-refractivity contribution >= 4 is 0 Å². The molecule has 19 heavy (non-hydrogen) atoms. The maximum atomic E-state index is 4.57. The van der Waals surface area contributed by atoms with E-state index < -0.39 is 0 Å². The highest BCUT2D eigenvalue weighted by molar-refractivity contribution is 4.99. The van der Waals surface area contributed by atoms with Crippen molar-refractivity contribution in [3.05, 3.63) is 36.4 Å². The number of aromatic nitrogens is 4. The van der Waals surface area contributed by atoms with E-state index in [-0.39, 0.29) is 0 Å². The predicted molar refractivity (Wildman–Crippen MR) is 75.8 cm³/mol. The van der Waals surface area contributed by atoms with Crippen LogP contribution in [0.25, 0.3) is 0 Å². The van der Waals surface area contributed by atoms with E-state index in [1.54, 1.807) is 0 Å². The first-order valence-corrected chi connectivity index (χ1v) is 7.01. The number of hydrogen-bond donors (Lipinski definition) is 1. The summed E-state index contributed by atoms with van der Waals surface area (Å²) in [4.78, 5) is 0. The third kappa shape index (κ3) is 4.21. The predicted octanol–water partition coefficient (Wildman–Crippen LogP) is 2.23. The van der Waals surface area contributed by atoms with Gasteiger partial charge in [0.05, 0.1) is 5.69 Å². The zero-order valence-corrected chi connectivity index (χ0v) is 11.8. The summed E-state index contributed by atoms with van der Waals surface area (Å²) in [5, 5.41) is 12.2. The molecule has 2 heterocycles. The van der Waals surface area contributed by atoms with Gasteiger partial charge in [-0.3, -0.25) is 9.36 Å². The normalized spacial score (nSPS) is 12.7. The minimum Gasteiger partial charge on any atom is -0.311 e. The molecule has 1 N–H and O–H groups in total. The summed E-state index contributed by atoms with van der Waals surface area (Å²) in [7, 11) is 0. The third-order valence-corrected chi connectivity index (χ3v) is 3.31. The molecule has 0 aromatic carbocycles. The van der Waals surface area contributed by atoms with Crippen LogP contribution in [0.1, 0.15) is 38.4 Å². The number of nitrogens with one attached hydrogen (secondary N) is 1. The van der Waals surface area contributed by atoms with Crippen molar-refractivity contribution in [2.24, 2.45) is 0 Å². The van der Waals surface area contributed by atoms with Crippen LogP contribution in [0.3, 0.4) is 0 Å². The monoisotopic (exact) mass is 261 g/mol. The molecule has 0 amide bonds. The molecule has 2 aromatic rings. The van der Waals surface area contributed by atoms with Gasteiger partial charge in [0.15, 0.2) is 0 Å². The van der Waals surface area contributed by atoms with E-state index in [9.17, 15) is 0 Å². The lowest BCUT2D eigenvalue weighted by Gasteiger charge is -2.08. The maximum Gasteiger partial charge on any atom is 0.0762 e. The van der Waals surface area contributed by atoms with Gasteiger partial charge in [0.25, 0.3) is 0 Å². The van der Waals surface area contributed by atoms with Crippen molar-refractivity contribution in [1.29, 1.82) is 0 Å². The number of aryl methyl sites for hydroxylation is 1. The molecule has 1 unspecified atom stereocenters. The molecule has 0 bridgehead atoms. The molecule has 0 spiro atoms. The quantitative estimate of drug-likeness (QED) is 0.741. The van der Waals surface area contributed by atoms with Gasteiger partial charge in [0.2, 0.25) is 0 Å². The molecule has 0 radical (unpaired) electrons. The maximum absolute atomic E-state index is 4.57. The van der Waals surface area contributed by atoms with E-state index in [1.807, 2.05) is 27.8 Å². The van der Waals surface area contributed by atoms with Crippen LogP contribution in [0.5, 0.6) is 0 Å². The van der Waals surface area contributed by atoms with Gasteiger partial charge in [-0.1, -0.05) is 6.92 Å². The Morgan fingerprint density at radius 2 is 2.26 bits per heavy atom. The van der Waals surface area contributed by atoms with Gasteiger partial charge in [-0.05, 0) is 38.4 Å². The number of hydrogen-bond acceptors (Lipinski definition) is 3. The van der Waals surface area contributed by atoms with Crippen molar-refractivity contribution in [2.75, 3.05) is 6.54 Å². The van der Waals surface area contributed by atoms with E-state index >= 15 is 0 Å². The topological polar surface area (TPSA) is 47.7 Å². The smallest absolute Gasteiger partial charge is 0.0762 e. The molecule has 2 rings (SSSR count). The zero-order valence-electron chi connectivity index (χ0n) is 11.8. The van der Waals surface area contributed by atoms with Crippen molar-refractivity contribution in [3.63, 3.8) is 0 Å². The summed E-state index contributed by atoms with van der Waals surface area (Å²) >= 11 is 0. The Balaban J connectivity index is 1.64. The standard InChI is InChI=1S/C14H23N5/c1-3-13(2)19-11-6-14(17-19)12-15-7-4-9-18-10-5-8-16-18/h5-6,8,10-11,13,15H,3-4,7,9,12H2,1-2H3. The van der Waals surface area contributed by atoms with Gasteiger partial charge in [-0.15, -0.1) is 0 Å². The van der Waals surface area contributed by atoms with E-state index in [2.05, 4.69) is 41.6 Å². The van der Waals surface area contributed by atoms with E-state index in [0.717, 1.165) is 38.2 Å². The summed E-state index contributed by atoms with van der Waals surface area (Å²) in [5.41, 5.74) is 1.11. The Morgan fingerprint density at radius 1 is 1.37 bits per heavy atom. The second-order valence-corrected chi connectivity index (χ2v) is 4.84. The van der Waals surface area contributed by atoms with Gasteiger partial charge in [0, 0.05) is 37.7 Å². The third-order valence-electron chi connectivity index (χ3n) is 3.31. The summed E-state index contributed by atoms with van der Waals surface area (Å²) in [6.07, 6.45) is 8.06. The summed E-state index contributed by atoms with van der Waals surface area (Å²) in [5.74, 6) is 0. The van der Waals surface area contributed by atoms with Crippen molar-refractivity contribution in [2.45, 2.75) is 45.8 Å². The van der Waals surface area contributed by atoms with Crippen LogP contribution in [0, 0.1) is 0 Å². The van der Waals surface area contributed by atoms with Gasteiger partial charge in [0.1, 0.15) is 0 Å². The molecule has 5 heteroatoms. The van der Waals surface area contributed by atoms with Crippen LogP contribution < -0.4 is 5.32 Å². The van der Waals surface area contributed by atoms with Gasteiger partial charge in [-0.2, -0.15) is 10.2 Å². The summed E-state index contributed by atoms with van der Waals surface area (Å²) in [6.45, 7) is 7.15. The number of nitrogens with zero attached hydrogens (tertiary/aromatic N) is 4. The van der Waals surface area contributed by atoms with E-state index in [0.29, 0.717) is 6.04 Å². The Labute approximate surface area is 114 Å². The lowest BCUT2D eigenvalue weighted by atomic mass is 10.3. The van der Waals surface area contributed by atoms with Crippen LogP contribution in [-0.2, 0) is 13.1 Å². The highest BCUT2D eigenvalue weighted by atomic mass is 15.3. The number of rotatable bonds is 8. The molecule has 1 atom stereocenters. The molecule has 0 fully saturated rings. The molecule has 0 aliphatic rings. The van der Waals surface area contributed by atoms with Crippen molar-refractivity contribution in [3.8, 4) is 0 Å². The molecule has 0 saturated heterocycles. The second-order valence-electron chi connectivity index (χ2n) is 4.84. The Morgan fingerprint density at radius 3 is 3.00 bits per heavy atom. The van der Waals surface area contributed by atoms with Gasteiger partial charge in [-0.25, -0.2) is 0 Å². The largest absolute Gasteiger partial charge is 0.311 e. The first-order chi connectivity index (χ1) is 9.29. The highest BCUT2D eigenvalue weighted by Crippen LogP contribution is 2.08. The molecule has 0 saturated carbocycles. The first kappa shape index (κ1) is 13.8. The highest BCUT2D eigenvalue weighted by Gasteiger charge is 2.03. The molecular weight excluding hydrogens is 238 g/mol. The van der Waals surface area contributed by atoms with Gasteiger partial charge >= 0.3 is 0 Å².